The van der Waals surface area contributed by atoms with Crippen LogP contribution in [0, 0.1) is 12.8 Å². The number of hydrogen-bond acceptors (Lipinski definition) is 2. The molecule has 0 aromatic carbocycles. The van der Waals surface area contributed by atoms with Crippen LogP contribution in [0.2, 0.25) is 0 Å². The summed E-state index contributed by atoms with van der Waals surface area (Å²) in [5, 5.41) is 0. The molecule has 1 aromatic heterocycles. The SMILES string of the molecule is Cc1cc(CCl)cnc1N(CC1CC1)C(C)C. The minimum absolute atomic E-state index is 0.503. The Balaban J connectivity index is 2.21. The van der Waals surface area contributed by atoms with E-state index < -0.39 is 0 Å². The van der Waals surface area contributed by atoms with Gasteiger partial charge in [0.15, 0.2) is 0 Å². The zero-order chi connectivity index (χ0) is 12.4. The molecule has 0 amide bonds. The third kappa shape index (κ3) is 3.12. The molecule has 0 saturated heterocycles. The molecule has 0 unspecified atom stereocenters. The topological polar surface area (TPSA) is 16.1 Å². The van der Waals surface area contributed by atoms with E-state index in [-0.39, 0.29) is 0 Å². The second-order valence-corrected chi connectivity index (χ2v) is 5.57. The summed E-state index contributed by atoms with van der Waals surface area (Å²) in [4.78, 5) is 7.01. The molecular weight excluding hydrogens is 232 g/mol. The van der Waals surface area contributed by atoms with E-state index in [4.69, 9.17) is 11.6 Å². The number of nitrogens with zero attached hydrogens (tertiary/aromatic N) is 2. The lowest BCUT2D eigenvalue weighted by atomic mass is 10.2. The van der Waals surface area contributed by atoms with Crippen molar-refractivity contribution in [3.05, 3.63) is 23.4 Å². The smallest absolute Gasteiger partial charge is 0.131 e. The zero-order valence-corrected chi connectivity index (χ0v) is 11.7. The molecule has 1 aliphatic carbocycles. The van der Waals surface area contributed by atoms with Gasteiger partial charge in [0.25, 0.3) is 0 Å². The average molecular weight is 253 g/mol. The first-order valence-corrected chi connectivity index (χ1v) is 6.93. The Hall–Kier alpha value is -0.760. The maximum Gasteiger partial charge on any atom is 0.131 e. The van der Waals surface area contributed by atoms with E-state index in [1.54, 1.807) is 0 Å². The van der Waals surface area contributed by atoms with E-state index in [0.717, 1.165) is 23.8 Å². The van der Waals surface area contributed by atoms with Gasteiger partial charge < -0.3 is 4.90 Å². The lowest BCUT2D eigenvalue weighted by Gasteiger charge is -2.29. The van der Waals surface area contributed by atoms with E-state index in [1.165, 1.54) is 18.4 Å². The highest BCUT2D eigenvalue weighted by molar-refractivity contribution is 6.17. The Morgan fingerprint density at radius 1 is 1.47 bits per heavy atom. The molecular formula is C14H21ClN2. The van der Waals surface area contributed by atoms with Gasteiger partial charge in [-0.2, -0.15) is 0 Å². The van der Waals surface area contributed by atoms with Crippen LogP contribution in [0.1, 0.15) is 37.8 Å². The number of rotatable bonds is 5. The quantitative estimate of drug-likeness (QED) is 0.742. The van der Waals surface area contributed by atoms with Crippen molar-refractivity contribution in [3.8, 4) is 0 Å². The molecule has 2 rings (SSSR count). The van der Waals surface area contributed by atoms with Gasteiger partial charge in [0.05, 0.1) is 0 Å². The lowest BCUT2D eigenvalue weighted by molar-refractivity contribution is 0.634. The normalized spacial score (nSPS) is 15.4. The van der Waals surface area contributed by atoms with Crippen LogP contribution in [0.15, 0.2) is 12.3 Å². The first kappa shape index (κ1) is 12.7. The van der Waals surface area contributed by atoms with Crippen LogP contribution in [0.5, 0.6) is 0 Å². The fourth-order valence-corrected chi connectivity index (χ4v) is 2.27. The van der Waals surface area contributed by atoms with Crippen molar-refractivity contribution in [1.82, 2.24) is 4.98 Å². The van der Waals surface area contributed by atoms with Gasteiger partial charge >= 0.3 is 0 Å². The fourth-order valence-electron chi connectivity index (χ4n) is 2.12. The van der Waals surface area contributed by atoms with Crippen molar-refractivity contribution in [2.75, 3.05) is 11.4 Å². The number of aryl methyl sites for hydroxylation is 1. The summed E-state index contributed by atoms with van der Waals surface area (Å²) in [6.45, 7) is 7.74. The van der Waals surface area contributed by atoms with Gasteiger partial charge in [0.2, 0.25) is 0 Å². The highest BCUT2D eigenvalue weighted by atomic mass is 35.5. The Bertz CT molecular complexity index is 386. The monoisotopic (exact) mass is 252 g/mol. The van der Waals surface area contributed by atoms with Crippen molar-refractivity contribution in [3.63, 3.8) is 0 Å². The maximum absolute atomic E-state index is 5.83. The number of alkyl halides is 1. The first-order chi connectivity index (χ1) is 8.11. The Morgan fingerprint density at radius 3 is 2.65 bits per heavy atom. The van der Waals surface area contributed by atoms with Crippen LogP contribution in [0.4, 0.5) is 5.82 Å². The number of anilines is 1. The van der Waals surface area contributed by atoms with Gasteiger partial charge in [-0.3, -0.25) is 0 Å². The predicted molar refractivity (Wildman–Crippen MR) is 73.7 cm³/mol. The predicted octanol–water partition coefficient (Wildman–Crippen LogP) is 3.75. The highest BCUT2D eigenvalue weighted by Crippen LogP contribution is 2.32. The molecule has 2 nitrogen and oxygen atoms in total. The third-order valence-electron chi connectivity index (χ3n) is 3.31. The molecule has 1 fully saturated rings. The number of pyridine rings is 1. The number of halogens is 1. The summed E-state index contributed by atoms with van der Waals surface area (Å²) < 4.78 is 0. The summed E-state index contributed by atoms with van der Waals surface area (Å²) in [7, 11) is 0. The summed E-state index contributed by atoms with van der Waals surface area (Å²) in [6.07, 6.45) is 4.65. The largest absolute Gasteiger partial charge is 0.354 e. The number of aromatic nitrogens is 1. The Labute approximate surface area is 109 Å². The number of hydrogen-bond donors (Lipinski definition) is 0. The standard InChI is InChI=1S/C14H21ClN2/c1-10(2)17(9-12-4-5-12)14-11(3)6-13(7-15)8-16-14/h6,8,10,12H,4-5,7,9H2,1-3H3. The van der Waals surface area contributed by atoms with Gasteiger partial charge in [0, 0.05) is 24.7 Å². The van der Waals surface area contributed by atoms with Gasteiger partial charge in [-0.15, -0.1) is 11.6 Å². The molecule has 1 aromatic rings. The first-order valence-electron chi connectivity index (χ1n) is 6.40. The van der Waals surface area contributed by atoms with Gasteiger partial charge in [-0.05, 0) is 56.7 Å². The maximum atomic E-state index is 5.83. The molecule has 0 bridgehead atoms. The molecule has 0 aliphatic heterocycles. The molecule has 0 N–H and O–H groups in total. The minimum Gasteiger partial charge on any atom is -0.354 e. The fraction of sp³-hybridized carbons (Fsp3) is 0.643. The third-order valence-corrected chi connectivity index (χ3v) is 3.62. The van der Waals surface area contributed by atoms with E-state index in [1.807, 2.05) is 6.20 Å². The van der Waals surface area contributed by atoms with Crippen LogP contribution in [-0.4, -0.2) is 17.6 Å². The van der Waals surface area contributed by atoms with Gasteiger partial charge in [0.1, 0.15) is 5.82 Å². The van der Waals surface area contributed by atoms with Gasteiger partial charge in [-0.25, -0.2) is 4.98 Å². The van der Waals surface area contributed by atoms with E-state index >= 15 is 0 Å². The average Bonchev–Trinajstić information content (AvgIpc) is 3.10. The Kier molecular flexibility index (Phi) is 3.93. The Morgan fingerprint density at radius 2 is 2.18 bits per heavy atom. The van der Waals surface area contributed by atoms with Gasteiger partial charge in [-0.1, -0.05) is 0 Å². The zero-order valence-electron chi connectivity index (χ0n) is 10.9. The van der Waals surface area contributed by atoms with Crippen LogP contribution < -0.4 is 4.90 Å². The van der Waals surface area contributed by atoms with E-state index in [9.17, 15) is 0 Å². The van der Waals surface area contributed by atoms with Crippen LogP contribution >= 0.6 is 11.6 Å². The molecule has 1 saturated carbocycles. The molecule has 0 atom stereocenters. The molecule has 0 radical (unpaired) electrons. The molecule has 1 aliphatic rings. The van der Waals surface area contributed by atoms with Crippen LogP contribution in [-0.2, 0) is 5.88 Å². The molecule has 3 heteroatoms. The van der Waals surface area contributed by atoms with Crippen molar-refractivity contribution in [2.45, 2.75) is 45.5 Å². The molecule has 94 valence electrons. The summed E-state index contributed by atoms with van der Waals surface area (Å²) in [5.41, 5.74) is 2.33. The lowest BCUT2D eigenvalue weighted by Crippen LogP contribution is -2.34. The van der Waals surface area contributed by atoms with Crippen LogP contribution in [0.25, 0.3) is 0 Å². The second-order valence-electron chi connectivity index (χ2n) is 5.31. The summed E-state index contributed by atoms with van der Waals surface area (Å²) in [6, 6.07) is 2.65. The molecule has 0 spiro atoms. The summed E-state index contributed by atoms with van der Waals surface area (Å²) in [5.74, 6) is 2.55. The van der Waals surface area contributed by atoms with Crippen molar-refractivity contribution < 1.29 is 0 Å². The van der Waals surface area contributed by atoms with Crippen molar-refractivity contribution >= 4 is 17.4 Å². The van der Waals surface area contributed by atoms with E-state index in [0.29, 0.717) is 11.9 Å². The van der Waals surface area contributed by atoms with Crippen molar-refractivity contribution in [2.24, 2.45) is 5.92 Å². The molecule has 1 heterocycles. The second kappa shape index (κ2) is 5.26. The van der Waals surface area contributed by atoms with Crippen molar-refractivity contribution in [1.29, 1.82) is 0 Å². The summed E-state index contributed by atoms with van der Waals surface area (Å²) >= 11 is 5.83. The minimum atomic E-state index is 0.503. The van der Waals surface area contributed by atoms with E-state index in [2.05, 4.69) is 36.7 Å². The van der Waals surface area contributed by atoms with Crippen LogP contribution in [0.3, 0.4) is 0 Å². The highest BCUT2D eigenvalue weighted by Gasteiger charge is 2.26. The molecule has 17 heavy (non-hydrogen) atoms.